The van der Waals surface area contributed by atoms with E-state index in [-0.39, 0.29) is 25.0 Å². The van der Waals surface area contributed by atoms with E-state index in [1.165, 1.54) is 21.9 Å². The molecule has 30 heavy (non-hydrogen) atoms. The first-order valence-corrected chi connectivity index (χ1v) is 12.2. The van der Waals surface area contributed by atoms with Crippen molar-refractivity contribution < 1.29 is 22.7 Å². The largest absolute Gasteiger partial charge is 0.462 e. The summed E-state index contributed by atoms with van der Waals surface area (Å²) >= 11 is 1.28. The molecule has 0 unspecified atom stereocenters. The van der Waals surface area contributed by atoms with E-state index in [2.05, 4.69) is 10.9 Å². The average Bonchev–Trinajstić information content (AvgIpc) is 3.04. The fourth-order valence-corrected chi connectivity index (χ4v) is 5.31. The van der Waals surface area contributed by atoms with Crippen molar-refractivity contribution >= 4 is 43.5 Å². The van der Waals surface area contributed by atoms with E-state index in [1.54, 1.807) is 29.7 Å². The van der Waals surface area contributed by atoms with Gasteiger partial charge < -0.3 is 9.30 Å². The number of aromatic nitrogens is 1. The zero-order chi connectivity index (χ0) is 21.9. The number of rotatable bonds is 5. The van der Waals surface area contributed by atoms with Gasteiger partial charge in [0.05, 0.1) is 35.2 Å². The molecule has 2 heterocycles. The van der Waals surface area contributed by atoms with Crippen LogP contribution in [0.3, 0.4) is 0 Å². The average molecular weight is 450 g/mol. The first-order chi connectivity index (χ1) is 14.2. The Labute approximate surface area is 179 Å². The summed E-state index contributed by atoms with van der Waals surface area (Å²) in [5.74, 6) is 1.54. The van der Waals surface area contributed by atoms with Crippen LogP contribution in [0, 0.1) is 18.3 Å². The van der Waals surface area contributed by atoms with Crippen LogP contribution in [-0.2, 0) is 26.1 Å². The van der Waals surface area contributed by atoms with Gasteiger partial charge in [0, 0.05) is 19.0 Å². The van der Waals surface area contributed by atoms with Crippen molar-refractivity contribution in [1.29, 1.82) is 0 Å². The van der Waals surface area contributed by atoms with Crippen molar-refractivity contribution in [2.45, 2.75) is 26.3 Å². The minimum absolute atomic E-state index is 0.234. The Morgan fingerprint density at radius 2 is 2.03 bits per heavy atom. The number of esters is 1. The summed E-state index contributed by atoms with van der Waals surface area (Å²) in [7, 11) is -3.25. The van der Waals surface area contributed by atoms with E-state index in [4.69, 9.17) is 11.2 Å². The summed E-state index contributed by atoms with van der Waals surface area (Å²) < 4.78 is 32.3. The van der Waals surface area contributed by atoms with Gasteiger partial charge in [-0.3, -0.25) is 4.79 Å². The zero-order valence-electron chi connectivity index (χ0n) is 16.8. The molecule has 8 nitrogen and oxygen atoms in total. The van der Waals surface area contributed by atoms with Gasteiger partial charge in [-0.05, 0) is 38.0 Å². The SMILES string of the molecule is C#CCn1c(=NC(=O)C2CCN(S(C)(=O)=O)CC2)sc2cc(C(=O)OCC)ccc21. The van der Waals surface area contributed by atoms with Crippen molar-refractivity contribution in [3.8, 4) is 12.3 Å². The van der Waals surface area contributed by atoms with Crippen LogP contribution in [0.1, 0.15) is 30.1 Å². The second kappa shape index (κ2) is 9.12. The number of carbonyl (C=O) groups excluding carboxylic acids is 2. The Balaban J connectivity index is 1.91. The predicted octanol–water partition coefficient (Wildman–Crippen LogP) is 1.61. The first-order valence-electron chi connectivity index (χ1n) is 9.52. The Hall–Kier alpha value is -2.48. The number of ether oxygens (including phenoxy) is 1. The third-order valence-corrected chi connectivity index (χ3v) is 7.27. The first kappa shape index (κ1) is 22.2. The highest BCUT2D eigenvalue weighted by Gasteiger charge is 2.29. The number of benzene rings is 1. The van der Waals surface area contributed by atoms with E-state index < -0.39 is 16.0 Å². The van der Waals surface area contributed by atoms with E-state index in [9.17, 15) is 18.0 Å². The molecule has 1 amide bonds. The number of hydrogen-bond donors (Lipinski definition) is 0. The molecule has 0 spiro atoms. The molecule has 1 aromatic carbocycles. The molecule has 0 N–H and O–H groups in total. The number of thiazole rings is 1. The van der Waals surface area contributed by atoms with E-state index in [0.29, 0.717) is 36.3 Å². The van der Waals surface area contributed by atoms with Gasteiger partial charge in [0.1, 0.15) is 0 Å². The van der Waals surface area contributed by atoms with Gasteiger partial charge in [-0.1, -0.05) is 17.3 Å². The lowest BCUT2D eigenvalue weighted by Crippen LogP contribution is -2.39. The number of hydrogen-bond acceptors (Lipinski definition) is 6. The normalized spacial score (nSPS) is 16.5. The van der Waals surface area contributed by atoms with Gasteiger partial charge in [-0.25, -0.2) is 17.5 Å². The number of carbonyl (C=O) groups is 2. The molecule has 0 radical (unpaired) electrons. The Bertz CT molecular complexity index is 1180. The smallest absolute Gasteiger partial charge is 0.338 e. The van der Waals surface area contributed by atoms with E-state index in [0.717, 1.165) is 10.2 Å². The van der Waals surface area contributed by atoms with Gasteiger partial charge in [0.15, 0.2) is 4.80 Å². The second-order valence-corrected chi connectivity index (χ2v) is 9.96. The maximum Gasteiger partial charge on any atom is 0.338 e. The van der Waals surface area contributed by atoms with Gasteiger partial charge in [-0.2, -0.15) is 4.99 Å². The fraction of sp³-hybridized carbons (Fsp3) is 0.450. The Morgan fingerprint density at radius 3 is 2.63 bits per heavy atom. The molecule has 1 fully saturated rings. The van der Waals surface area contributed by atoms with Crippen LogP contribution in [0.25, 0.3) is 10.2 Å². The lowest BCUT2D eigenvalue weighted by molar-refractivity contribution is -0.122. The van der Waals surface area contributed by atoms with E-state index in [1.807, 2.05) is 0 Å². The highest BCUT2D eigenvalue weighted by molar-refractivity contribution is 7.88. The van der Waals surface area contributed by atoms with Crippen LogP contribution in [-0.4, -0.2) is 55.1 Å². The van der Waals surface area contributed by atoms with Crippen molar-refractivity contribution in [2.24, 2.45) is 10.9 Å². The second-order valence-electron chi connectivity index (χ2n) is 6.96. The maximum absolute atomic E-state index is 12.8. The van der Waals surface area contributed by atoms with Crippen LogP contribution >= 0.6 is 11.3 Å². The molecule has 160 valence electrons. The van der Waals surface area contributed by atoms with Crippen LogP contribution in [0.2, 0.25) is 0 Å². The molecule has 3 rings (SSSR count). The van der Waals surface area contributed by atoms with Crippen molar-refractivity contribution in [1.82, 2.24) is 8.87 Å². The summed E-state index contributed by atoms with van der Waals surface area (Å²) in [6, 6.07) is 5.13. The summed E-state index contributed by atoms with van der Waals surface area (Å²) in [6.07, 6.45) is 7.53. The maximum atomic E-state index is 12.8. The molecular formula is C20H23N3O5S2. The van der Waals surface area contributed by atoms with Crippen LogP contribution in [0.15, 0.2) is 23.2 Å². The summed E-state index contributed by atoms with van der Waals surface area (Å²) in [6.45, 7) is 2.88. The highest BCUT2D eigenvalue weighted by Crippen LogP contribution is 2.22. The molecule has 0 saturated carbocycles. The number of amides is 1. The molecule has 1 aromatic heterocycles. The molecule has 0 atom stereocenters. The summed E-state index contributed by atoms with van der Waals surface area (Å²) in [5, 5.41) is 0. The number of piperidine rings is 1. The molecule has 1 saturated heterocycles. The zero-order valence-corrected chi connectivity index (χ0v) is 18.5. The number of fused-ring (bicyclic) bond motifs is 1. The minimum atomic E-state index is -3.25. The van der Waals surface area contributed by atoms with Crippen molar-refractivity contribution in [3.63, 3.8) is 0 Å². The quantitative estimate of drug-likeness (QED) is 0.510. The van der Waals surface area contributed by atoms with Gasteiger partial charge >= 0.3 is 5.97 Å². The summed E-state index contributed by atoms with van der Waals surface area (Å²) in [4.78, 5) is 29.5. The predicted molar refractivity (Wildman–Crippen MR) is 114 cm³/mol. The molecule has 2 aromatic rings. The van der Waals surface area contributed by atoms with E-state index >= 15 is 0 Å². The van der Waals surface area contributed by atoms with Gasteiger partial charge in [0.25, 0.3) is 5.91 Å². The monoisotopic (exact) mass is 449 g/mol. The number of terminal acetylenes is 1. The van der Waals surface area contributed by atoms with Crippen molar-refractivity contribution in [3.05, 3.63) is 28.6 Å². The summed E-state index contributed by atoms with van der Waals surface area (Å²) in [5.41, 5.74) is 1.20. The van der Waals surface area contributed by atoms with Gasteiger partial charge in [-0.15, -0.1) is 6.42 Å². The third kappa shape index (κ3) is 4.80. The third-order valence-electron chi connectivity index (χ3n) is 4.92. The van der Waals surface area contributed by atoms with Crippen LogP contribution < -0.4 is 4.80 Å². The molecule has 10 heteroatoms. The highest BCUT2D eigenvalue weighted by atomic mass is 32.2. The molecule has 0 bridgehead atoms. The number of sulfonamides is 1. The molecule has 0 aliphatic carbocycles. The Morgan fingerprint density at radius 1 is 1.33 bits per heavy atom. The standard InChI is InChI=1S/C20H23N3O5S2/c1-4-10-23-16-7-6-15(19(25)28-5-2)13-17(16)29-20(23)21-18(24)14-8-11-22(12-9-14)30(3,26)27/h1,6-7,13-14H,5,8-12H2,2-3H3. The fourth-order valence-electron chi connectivity index (χ4n) is 3.36. The molecular weight excluding hydrogens is 426 g/mol. The lowest BCUT2D eigenvalue weighted by Gasteiger charge is -2.28. The molecule has 1 aliphatic rings. The van der Waals surface area contributed by atoms with Crippen LogP contribution in [0.4, 0.5) is 0 Å². The van der Waals surface area contributed by atoms with Gasteiger partial charge in [0.2, 0.25) is 10.0 Å². The topological polar surface area (TPSA) is 98.0 Å². The number of nitrogens with zero attached hydrogens (tertiary/aromatic N) is 3. The van der Waals surface area contributed by atoms with Crippen LogP contribution in [0.5, 0.6) is 0 Å². The van der Waals surface area contributed by atoms with Crippen molar-refractivity contribution in [2.75, 3.05) is 26.0 Å². The Kier molecular flexibility index (Phi) is 6.75. The minimum Gasteiger partial charge on any atom is -0.462 e. The molecule has 1 aliphatic heterocycles. The lowest BCUT2D eigenvalue weighted by atomic mass is 9.98.